The van der Waals surface area contributed by atoms with Crippen molar-refractivity contribution in [1.29, 1.82) is 0 Å². The molecule has 1 N–H and O–H groups in total. The molecular formula is C14H22FNO. The quantitative estimate of drug-likeness (QED) is 0.851. The zero-order valence-electron chi connectivity index (χ0n) is 11.3. The summed E-state index contributed by atoms with van der Waals surface area (Å²) < 4.78 is 19.0. The van der Waals surface area contributed by atoms with E-state index in [1.54, 1.807) is 19.2 Å². The fraction of sp³-hybridized carbons (Fsp3) is 0.571. The van der Waals surface area contributed by atoms with Crippen LogP contribution in [0.15, 0.2) is 24.3 Å². The van der Waals surface area contributed by atoms with Crippen molar-refractivity contribution in [2.75, 3.05) is 7.11 Å². The van der Waals surface area contributed by atoms with Gasteiger partial charge in [0, 0.05) is 24.8 Å². The molecule has 0 heterocycles. The summed E-state index contributed by atoms with van der Waals surface area (Å²) in [6.45, 7) is 8.03. The molecule has 1 aromatic carbocycles. The second kappa shape index (κ2) is 5.61. The molecule has 0 aromatic heterocycles. The van der Waals surface area contributed by atoms with Gasteiger partial charge in [0.15, 0.2) is 0 Å². The molecule has 17 heavy (non-hydrogen) atoms. The van der Waals surface area contributed by atoms with Gasteiger partial charge in [-0.05, 0) is 33.8 Å². The molecule has 0 spiro atoms. The minimum absolute atomic E-state index is 0.0411. The summed E-state index contributed by atoms with van der Waals surface area (Å²) in [5.41, 5.74) is 0.408. The van der Waals surface area contributed by atoms with Crippen molar-refractivity contribution in [3.63, 3.8) is 0 Å². The Bertz CT molecular complexity index is 365. The highest BCUT2D eigenvalue weighted by atomic mass is 19.1. The average molecular weight is 239 g/mol. The van der Waals surface area contributed by atoms with E-state index >= 15 is 0 Å². The van der Waals surface area contributed by atoms with Gasteiger partial charge in [0.2, 0.25) is 0 Å². The van der Waals surface area contributed by atoms with E-state index in [4.69, 9.17) is 4.74 Å². The highest BCUT2D eigenvalue weighted by Gasteiger charge is 2.26. The summed E-state index contributed by atoms with van der Waals surface area (Å²) in [4.78, 5) is 0. The van der Waals surface area contributed by atoms with Crippen LogP contribution < -0.4 is 5.32 Å². The fourth-order valence-corrected chi connectivity index (χ4v) is 1.67. The predicted octanol–water partition coefficient (Wildman–Crippen LogP) is 3.29. The topological polar surface area (TPSA) is 21.3 Å². The van der Waals surface area contributed by atoms with E-state index in [2.05, 4.69) is 5.32 Å². The normalized spacial score (nSPS) is 15.6. The Labute approximate surface area is 103 Å². The minimum atomic E-state index is -0.278. The summed E-state index contributed by atoms with van der Waals surface area (Å²) in [6.07, 6.45) is 0. The Morgan fingerprint density at radius 2 is 1.82 bits per heavy atom. The van der Waals surface area contributed by atoms with Crippen LogP contribution in [0.1, 0.15) is 39.3 Å². The van der Waals surface area contributed by atoms with Gasteiger partial charge in [-0.25, -0.2) is 4.39 Å². The van der Waals surface area contributed by atoms with Gasteiger partial charge in [0.1, 0.15) is 5.82 Å². The number of hydrogen-bond donors (Lipinski definition) is 1. The summed E-state index contributed by atoms with van der Waals surface area (Å²) >= 11 is 0. The van der Waals surface area contributed by atoms with Crippen LogP contribution in [0, 0.1) is 5.82 Å². The Kier molecular flexibility index (Phi) is 4.66. The molecule has 0 fully saturated rings. The maximum absolute atomic E-state index is 13.6. The molecule has 3 heteroatoms. The van der Waals surface area contributed by atoms with Crippen LogP contribution in [0.4, 0.5) is 4.39 Å². The number of nitrogens with one attached hydrogen (secondary N) is 1. The maximum Gasteiger partial charge on any atom is 0.127 e. The lowest BCUT2D eigenvalue weighted by Crippen LogP contribution is -2.46. The van der Waals surface area contributed by atoms with Crippen LogP contribution in [0.3, 0.4) is 0 Å². The zero-order valence-corrected chi connectivity index (χ0v) is 11.3. The molecule has 0 bridgehead atoms. The Balaban J connectivity index is 2.73. The van der Waals surface area contributed by atoms with Crippen molar-refractivity contribution >= 4 is 0 Å². The SMILES string of the molecule is COC(C)(C)C(C)N[C@H](C)c1ccccc1F. The summed E-state index contributed by atoms with van der Waals surface area (Å²) in [6, 6.07) is 6.93. The number of methoxy groups -OCH3 is 1. The third-order valence-corrected chi connectivity index (χ3v) is 3.44. The van der Waals surface area contributed by atoms with E-state index in [0.717, 1.165) is 0 Å². The van der Waals surface area contributed by atoms with E-state index < -0.39 is 0 Å². The van der Waals surface area contributed by atoms with Crippen LogP contribution in [0.25, 0.3) is 0 Å². The van der Waals surface area contributed by atoms with Gasteiger partial charge in [-0.1, -0.05) is 18.2 Å². The summed E-state index contributed by atoms with van der Waals surface area (Å²) in [5.74, 6) is -0.171. The third kappa shape index (κ3) is 3.51. The van der Waals surface area contributed by atoms with E-state index in [0.29, 0.717) is 5.56 Å². The average Bonchev–Trinajstić information content (AvgIpc) is 2.29. The van der Waals surface area contributed by atoms with Crippen molar-refractivity contribution in [2.45, 2.75) is 45.4 Å². The van der Waals surface area contributed by atoms with Crippen molar-refractivity contribution in [2.24, 2.45) is 0 Å². The number of hydrogen-bond acceptors (Lipinski definition) is 2. The van der Waals surface area contributed by atoms with Crippen LogP contribution >= 0.6 is 0 Å². The predicted molar refractivity (Wildman–Crippen MR) is 68.5 cm³/mol. The van der Waals surface area contributed by atoms with Crippen molar-refractivity contribution < 1.29 is 9.13 Å². The summed E-state index contributed by atoms with van der Waals surface area (Å²) in [7, 11) is 1.69. The first-order chi connectivity index (χ1) is 7.88. The molecule has 1 rings (SSSR count). The van der Waals surface area contributed by atoms with Crippen LogP contribution in [0.5, 0.6) is 0 Å². The van der Waals surface area contributed by atoms with Gasteiger partial charge in [0.05, 0.1) is 5.60 Å². The van der Waals surface area contributed by atoms with Crippen molar-refractivity contribution in [1.82, 2.24) is 5.32 Å². The Morgan fingerprint density at radius 3 is 2.35 bits per heavy atom. The highest BCUT2D eigenvalue weighted by Crippen LogP contribution is 2.20. The van der Waals surface area contributed by atoms with Gasteiger partial charge in [-0.2, -0.15) is 0 Å². The first-order valence-electron chi connectivity index (χ1n) is 5.94. The zero-order chi connectivity index (χ0) is 13.1. The number of ether oxygens (including phenoxy) is 1. The molecule has 0 aliphatic heterocycles. The maximum atomic E-state index is 13.6. The third-order valence-electron chi connectivity index (χ3n) is 3.44. The van der Waals surface area contributed by atoms with Crippen LogP contribution in [-0.2, 0) is 4.74 Å². The second-order valence-corrected chi connectivity index (χ2v) is 4.94. The summed E-state index contributed by atoms with van der Waals surface area (Å²) in [5, 5.41) is 3.36. The van der Waals surface area contributed by atoms with Crippen LogP contribution in [-0.4, -0.2) is 18.8 Å². The lowest BCUT2D eigenvalue weighted by Gasteiger charge is -2.33. The largest absolute Gasteiger partial charge is 0.377 e. The van der Waals surface area contributed by atoms with E-state index in [1.807, 2.05) is 33.8 Å². The molecule has 0 amide bonds. The molecule has 0 saturated heterocycles. The molecule has 96 valence electrons. The molecular weight excluding hydrogens is 217 g/mol. The standard InChI is InChI=1S/C14H22FNO/c1-10(12-8-6-7-9-13(12)15)16-11(2)14(3,4)17-5/h6-11,16H,1-5H3/t10-,11?/m1/s1. The number of halogens is 1. The highest BCUT2D eigenvalue weighted by molar-refractivity contribution is 5.20. The van der Waals surface area contributed by atoms with Crippen molar-refractivity contribution in [3.05, 3.63) is 35.6 Å². The first-order valence-corrected chi connectivity index (χ1v) is 5.94. The van der Waals surface area contributed by atoms with Gasteiger partial charge >= 0.3 is 0 Å². The van der Waals surface area contributed by atoms with Gasteiger partial charge in [-0.15, -0.1) is 0 Å². The van der Waals surface area contributed by atoms with E-state index in [1.165, 1.54) is 6.07 Å². The number of rotatable bonds is 5. The van der Waals surface area contributed by atoms with Gasteiger partial charge < -0.3 is 10.1 Å². The Morgan fingerprint density at radius 1 is 1.24 bits per heavy atom. The molecule has 0 saturated carbocycles. The first kappa shape index (κ1) is 14.1. The molecule has 1 unspecified atom stereocenters. The molecule has 0 aliphatic rings. The smallest absolute Gasteiger partial charge is 0.127 e. The minimum Gasteiger partial charge on any atom is -0.377 e. The van der Waals surface area contributed by atoms with Gasteiger partial charge in [0.25, 0.3) is 0 Å². The lowest BCUT2D eigenvalue weighted by atomic mass is 9.98. The monoisotopic (exact) mass is 239 g/mol. The van der Waals surface area contributed by atoms with E-state index in [9.17, 15) is 4.39 Å². The van der Waals surface area contributed by atoms with Gasteiger partial charge in [-0.3, -0.25) is 0 Å². The molecule has 0 aliphatic carbocycles. The molecule has 1 aromatic rings. The van der Waals surface area contributed by atoms with E-state index in [-0.39, 0.29) is 23.5 Å². The Hall–Kier alpha value is -0.930. The lowest BCUT2D eigenvalue weighted by molar-refractivity contribution is -0.00774. The van der Waals surface area contributed by atoms with Crippen molar-refractivity contribution in [3.8, 4) is 0 Å². The molecule has 0 radical (unpaired) electrons. The molecule has 2 atom stereocenters. The van der Waals surface area contributed by atoms with Crippen LogP contribution in [0.2, 0.25) is 0 Å². The number of benzene rings is 1. The fourth-order valence-electron chi connectivity index (χ4n) is 1.67. The second-order valence-electron chi connectivity index (χ2n) is 4.94. The molecule has 2 nitrogen and oxygen atoms in total.